The molecule has 3 aromatic rings. The third kappa shape index (κ3) is 3.99. The third-order valence-corrected chi connectivity index (χ3v) is 6.68. The number of amides is 1. The van der Waals surface area contributed by atoms with Crippen LogP contribution in [0.5, 0.6) is 0 Å². The Bertz CT molecular complexity index is 1330. The van der Waals surface area contributed by atoms with E-state index in [9.17, 15) is 19.5 Å². The molecule has 1 amide bonds. The second-order valence-electron chi connectivity index (χ2n) is 7.91. The summed E-state index contributed by atoms with van der Waals surface area (Å²) >= 11 is 0.967. The van der Waals surface area contributed by atoms with Crippen LogP contribution in [0, 0.1) is 20.8 Å². The molecule has 1 aliphatic rings. The number of nitrogens with zero attached hydrogens (tertiary/aromatic N) is 3. The summed E-state index contributed by atoms with van der Waals surface area (Å²) in [4.78, 5) is 48.9. The van der Waals surface area contributed by atoms with Crippen LogP contribution in [-0.4, -0.2) is 39.3 Å². The van der Waals surface area contributed by atoms with Crippen LogP contribution in [0.4, 0.5) is 5.13 Å². The number of thiazole rings is 1. The molecule has 3 heterocycles. The van der Waals surface area contributed by atoms with Gasteiger partial charge >= 0.3 is 11.9 Å². The number of aliphatic hydroxyl groups excluding tert-OH is 1. The van der Waals surface area contributed by atoms with Gasteiger partial charge in [-0.2, -0.15) is 0 Å². The van der Waals surface area contributed by atoms with E-state index >= 15 is 0 Å². The molecule has 9 heteroatoms. The molecule has 0 bridgehead atoms. The van der Waals surface area contributed by atoms with E-state index in [-0.39, 0.29) is 27.9 Å². The minimum atomic E-state index is -0.964. The van der Waals surface area contributed by atoms with Gasteiger partial charge in [-0.25, -0.2) is 9.78 Å². The fourth-order valence-electron chi connectivity index (χ4n) is 3.89. The molecule has 8 nitrogen and oxygen atoms in total. The van der Waals surface area contributed by atoms with Crippen LogP contribution in [0.15, 0.2) is 48.3 Å². The third-order valence-electron chi connectivity index (χ3n) is 5.54. The summed E-state index contributed by atoms with van der Waals surface area (Å²) in [5.74, 6) is -2.49. The molecule has 1 aromatic carbocycles. The number of aryl methyl sites for hydroxylation is 3. The molecule has 1 unspecified atom stereocenters. The molecule has 1 N–H and O–H groups in total. The molecule has 174 valence electrons. The number of Topliss-reactive ketones (excluding diaryl/α,β-unsaturated/α-hetero) is 1. The molecule has 1 fully saturated rings. The molecule has 4 rings (SSSR count). The molecule has 1 saturated heterocycles. The van der Waals surface area contributed by atoms with Gasteiger partial charge in [0.2, 0.25) is 0 Å². The smallest absolute Gasteiger partial charge is 0.350 e. The lowest BCUT2D eigenvalue weighted by atomic mass is 9.94. The van der Waals surface area contributed by atoms with Gasteiger partial charge in [-0.1, -0.05) is 35.1 Å². The number of anilines is 1. The van der Waals surface area contributed by atoms with E-state index in [4.69, 9.17) is 4.74 Å². The highest BCUT2D eigenvalue weighted by Crippen LogP contribution is 2.44. The lowest BCUT2D eigenvalue weighted by Gasteiger charge is -2.22. The van der Waals surface area contributed by atoms with Crippen LogP contribution in [0.3, 0.4) is 0 Å². The maximum Gasteiger partial charge on any atom is 0.350 e. The summed E-state index contributed by atoms with van der Waals surface area (Å²) in [5, 5.41) is 11.5. The van der Waals surface area contributed by atoms with Crippen molar-refractivity contribution in [3.05, 3.63) is 81.1 Å². The lowest BCUT2D eigenvalue weighted by Crippen LogP contribution is -2.29. The average molecular weight is 478 g/mol. The van der Waals surface area contributed by atoms with Crippen molar-refractivity contribution in [3.63, 3.8) is 0 Å². The minimum absolute atomic E-state index is 0.0581. The Labute approximate surface area is 200 Å². The van der Waals surface area contributed by atoms with Crippen molar-refractivity contribution in [2.24, 2.45) is 0 Å². The van der Waals surface area contributed by atoms with Crippen LogP contribution in [0.1, 0.15) is 50.6 Å². The molecule has 1 aliphatic heterocycles. The summed E-state index contributed by atoms with van der Waals surface area (Å²) < 4.78 is 5.09. The van der Waals surface area contributed by atoms with Crippen molar-refractivity contribution in [1.29, 1.82) is 0 Å². The van der Waals surface area contributed by atoms with Crippen molar-refractivity contribution in [2.45, 2.75) is 33.7 Å². The van der Waals surface area contributed by atoms with Gasteiger partial charge in [0, 0.05) is 18.0 Å². The largest absolute Gasteiger partial charge is 0.507 e. The summed E-state index contributed by atoms with van der Waals surface area (Å²) in [5.41, 5.74) is 2.98. The Hall–Kier alpha value is -3.85. The van der Waals surface area contributed by atoms with Crippen LogP contribution in [0.2, 0.25) is 0 Å². The number of hydrogen-bond acceptors (Lipinski definition) is 8. The standard InChI is InChI=1S/C25H23N3O5S/c1-5-33-24(32)22-15(4)27-25(34-22)28-19(16-7-6-10-26-12-16)18(21(30)23(28)31)20(29)17-11-13(2)8-9-14(17)3/h6-12,19,29H,5H2,1-4H3. The molecule has 0 spiro atoms. The Morgan fingerprint density at radius 3 is 2.65 bits per heavy atom. The van der Waals surface area contributed by atoms with E-state index in [1.807, 2.05) is 26.0 Å². The number of ether oxygens (including phenoxy) is 1. The maximum atomic E-state index is 13.3. The SMILES string of the molecule is CCOC(=O)c1sc(N2C(=O)C(=O)C(=C(O)c3cc(C)ccc3C)C2c2cccnc2)nc1C. The number of aromatic nitrogens is 2. The monoisotopic (exact) mass is 477 g/mol. The number of carbonyl (C=O) groups is 3. The average Bonchev–Trinajstić information content (AvgIpc) is 3.33. The number of ketones is 1. The number of esters is 1. The number of hydrogen-bond donors (Lipinski definition) is 1. The van der Waals surface area contributed by atoms with Crippen molar-refractivity contribution in [3.8, 4) is 0 Å². The molecule has 0 saturated carbocycles. The Morgan fingerprint density at radius 1 is 1.21 bits per heavy atom. The van der Waals surface area contributed by atoms with E-state index in [0.717, 1.165) is 22.5 Å². The second-order valence-corrected chi connectivity index (χ2v) is 8.88. The van der Waals surface area contributed by atoms with Crippen molar-refractivity contribution in [1.82, 2.24) is 9.97 Å². The summed E-state index contributed by atoms with van der Waals surface area (Å²) in [6.07, 6.45) is 3.11. The van der Waals surface area contributed by atoms with Crippen molar-refractivity contribution in [2.75, 3.05) is 11.5 Å². The molecule has 1 atom stereocenters. The van der Waals surface area contributed by atoms with E-state index in [0.29, 0.717) is 16.8 Å². The van der Waals surface area contributed by atoms with Crippen molar-refractivity contribution >= 4 is 39.9 Å². The number of pyridine rings is 1. The number of carbonyl (C=O) groups excluding carboxylic acids is 3. The first kappa shape index (κ1) is 23.3. The van der Waals surface area contributed by atoms with Crippen LogP contribution >= 0.6 is 11.3 Å². The Kier molecular flexibility index (Phi) is 6.30. The van der Waals surface area contributed by atoms with E-state index < -0.39 is 23.7 Å². The van der Waals surface area contributed by atoms with Gasteiger partial charge in [0.25, 0.3) is 5.78 Å². The zero-order chi connectivity index (χ0) is 24.6. The Balaban J connectivity index is 1.93. The molecule has 2 aromatic heterocycles. The number of benzene rings is 1. The lowest BCUT2D eigenvalue weighted by molar-refractivity contribution is -0.132. The van der Waals surface area contributed by atoms with Crippen molar-refractivity contribution < 1.29 is 24.2 Å². The van der Waals surface area contributed by atoms with Gasteiger partial charge in [-0.05, 0) is 51.0 Å². The normalized spacial score (nSPS) is 17.3. The minimum Gasteiger partial charge on any atom is -0.507 e. The fraction of sp³-hybridized carbons (Fsp3) is 0.240. The second kappa shape index (κ2) is 9.18. The van der Waals surface area contributed by atoms with Gasteiger partial charge in [-0.3, -0.25) is 19.5 Å². The van der Waals surface area contributed by atoms with E-state index in [1.54, 1.807) is 38.2 Å². The first-order valence-electron chi connectivity index (χ1n) is 10.7. The molecule has 0 aliphatic carbocycles. The number of rotatable bonds is 5. The predicted molar refractivity (Wildman–Crippen MR) is 128 cm³/mol. The topological polar surface area (TPSA) is 110 Å². The number of aliphatic hydroxyl groups is 1. The Morgan fingerprint density at radius 2 is 1.97 bits per heavy atom. The molecule has 0 radical (unpaired) electrons. The highest BCUT2D eigenvalue weighted by molar-refractivity contribution is 7.17. The first-order valence-corrected chi connectivity index (χ1v) is 11.5. The van der Waals surface area contributed by atoms with E-state index in [2.05, 4.69) is 9.97 Å². The molecular weight excluding hydrogens is 454 g/mol. The fourth-order valence-corrected chi connectivity index (χ4v) is 4.88. The van der Waals surface area contributed by atoms with Gasteiger partial charge in [0.15, 0.2) is 5.13 Å². The predicted octanol–water partition coefficient (Wildman–Crippen LogP) is 4.27. The van der Waals surface area contributed by atoms with Gasteiger partial charge in [-0.15, -0.1) is 0 Å². The molecule has 34 heavy (non-hydrogen) atoms. The summed E-state index contributed by atoms with van der Waals surface area (Å²) in [7, 11) is 0. The van der Waals surface area contributed by atoms with Crippen LogP contribution in [0.25, 0.3) is 5.76 Å². The summed E-state index contributed by atoms with van der Waals surface area (Å²) in [6.45, 7) is 7.23. The maximum absolute atomic E-state index is 13.3. The van der Waals surface area contributed by atoms with Crippen LogP contribution < -0.4 is 4.90 Å². The van der Waals surface area contributed by atoms with Gasteiger partial charge in [0.05, 0.1) is 23.9 Å². The van der Waals surface area contributed by atoms with Gasteiger partial charge < -0.3 is 9.84 Å². The summed E-state index contributed by atoms with van der Waals surface area (Å²) in [6, 6.07) is 7.96. The highest BCUT2D eigenvalue weighted by Gasteiger charge is 2.48. The van der Waals surface area contributed by atoms with Crippen LogP contribution in [-0.2, 0) is 14.3 Å². The first-order chi connectivity index (χ1) is 16.2. The quantitative estimate of drug-likeness (QED) is 0.253. The molecular formula is C25H23N3O5S. The zero-order valence-electron chi connectivity index (χ0n) is 19.2. The van der Waals surface area contributed by atoms with E-state index in [1.165, 1.54) is 11.1 Å². The highest BCUT2D eigenvalue weighted by atomic mass is 32.1. The van der Waals surface area contributed by atoms with Gasteiger partial charge in [0.1, 0.15) is 10.6 Å². The zero-order valence-corrected chi connectivity index (χ0v) is 20.0.